The first-order chi connectivity index (χ1) is 10.0. The zero-order valence-corrected chi connectivity index (χ0v) is 12.6. The fourth-order valence-electron chi connectivity index (χ4n) is 1.83. The van der Waals surface area contributed by atoms with Crippen molar-refractivity contribution in [2.45, 2.75) is 13.8 Å². The summed E-state index contributed by atoms with van der Waals surface area (Å²) in [5, 5.41) is 24.7. The lowest BCUT2D eigenvalue weighted by Gasteiger charge is -2.11. The Kier molecular flexibility index (Phi) is 4.77. The maximum absolute atomic E-state index is 12.2. The molecule has 2 rings (SSSR count). The van der Waals surface area contributed by atoms with Crippen molar-refractivity contribution in [3.05, 3.63) is 34.3 Å². The van der Waals surface area contributed by atoms with Crippen LogP contribution in [-0.4, -0.2) is 34.3 Å². The Hall–Kier alpha value is -2.12. The monoisotopic (exact) mass is 307 g/mol. The fourth-order valence-corrected chi connectivity index (χ4v) is 2.56. The lowest BCUT2D eigenvalue weighted by atomic mass is 10.1. The molecule has 1 amide bonds. The van der Waals surface area contributed by atoms with E-state index in [1.54, 1.807) is 19.1 Å². The van der Waals surface area contributed by atoms with Crippen molar-refractivity contribution in [2.75, 3.05) is 23.8 Å². The first kappa shape index (κ1) is 15.3. The van der Waals surface area contributed by atoms with Crippen molar-refractivity contribution >= 4 is 28.1 Å². The van der Waals surface area contributed by atoms with Crippen molar-refractivity contribution in [3.63, 3.8) is 0 Å². The predicted octanol–water partition coefficient (Wildman–Crippen LogP) is 2.12. The van der Waals surface area contributed by atoms with Crippen LogP contribution in [0.1, 0.15) is 20.8 Å². The minimum absolute atomic E-state index is 0.00277. The van der Waals surface area contributed by atoms with Crippen LogP contribution in [0.5, 0.6) is 5.75 Å². The average Bonchev–Trinajstić information content (AvgIpc) is 2.94. The summed E-state index contributed by atoms with van der Waals surface area (Å²) in [5.41, 5.74) is 2.12. The van der Waals surface area contributed by atoms with Gasteiger partial charge in [-0.05, 0) is 25.5 Å². The molecule has 0 radical (unpaired) electrons. The van der Waals surface area contributed by atoms with Crippen LogP contribution in [0.4, 0.5) is 10.8 Å². The van der Waals surface area contributed by atoms with Gasteiger partial charge < -0.3 is 20.8 Å². The molecule has 0 aliphatic heterocycles. The number of rotatable bonds is 5. The molecule has 7 heteroatoms. The molecule has 0 saturated carbocycles. The number of phenols is 1. The Morgan fingerprint density at radius 3 is 2.86 bits per heavy atom. The quantitative estimate of drug-likeness (QED) is 0.679. The van der Waals surface area contributed by atoms with E-state index in [4.69, 9.17) is 5.11 Å². The highest BCUT2D eigenvalue weighted by Gasteiger charge is 2.14. The number of hydrogen-bond acceptors (Lipinski definition) is 6. The van der Waals surface area contributed by atoms with Gasteiger partial charge in [-0.1, -0.05) is 17.4 Å². The summed E-state index contributed by atoms with van der Waals surface area (Å²) in [7, 11) is 0. The largest absolute Gasteiger partial charge is 0.508 e. The number of nitrogens with one attached hydrogen (secondary N) is 2. The molecule has 1 aromatic carbocycles. The van der Waals surface area contributed by atoms with Gasteiger partial charge in [0, 0.05) is 12.1 Å². The van der Waals surface area contributed by atoms with Crippen LogP contribution in [0.2, 0.25) is 0 Å². The summed E-state index contributed by atoms with van der Waals surface area (Å²) in [5.74, 6) is -0.133. The Morgan fingerprint density at radius 2 is 2.14 bits per heavy atom. The van der Waals surface area contributed by atoms with E-state index in [-0.39, 0.29) is 18.3 Å². The van der Waals surface area contributed by atoms with Crippen molar-refractivity contribution < 1.29 is 15.0 Å². The van der Waals surface area contributed by atoms with Crippen LogP contribution >= 0.6 is 11.3 Å². The summed E-state index contributed by atoms with van der Waals surface area (Å²) >= 11 is 1.21. The number of phenolic OH excluding ortho intramolecular Hbond substituents is 1. The van der Waals surface area contributed by atoms with E-state index in [0.717, 1.165) is 5.56 Å². The summed E-state index contributed by atoms with van der Waals surface area (Å²) < 4.78 is 0. The number of aliphatic hydroxyl groups is 1. The molecular weight excluding hydrogens is 290 g/mol. The van der Waals surface area contributed by atoms with E-state index in [1.165, 1.54) is 17.5 Å². The number of anilines is 2. The summed E-state index contributed by atoms with van der Waals surface area (Å²) in [6.45, 7) is 4.00. The lowest BCUT2D eigenvalue weighted by molar-refractivity contribution is 0.103. The molecule has 1 heterocycles. The maximum atomic E-state index is 12.2. The molecular formula is C14H17N3O3S. The molecule has 0 aliphatic rings. The summed E-state index contributed by atoms with van der Waals surface area (Å²) in [4.78, 5) is 16.7. The first-order valence-corrected chi connectivity index (χ1v) is 7.25. The lowest BCUT2D eigenvalue weighted by Crippen LogP contribution is -2.12. The minimum Gasteiger partial charge on any atom is -0.508 e. The van der Waals surface area contributed by atoms with Crippen molar-refractivity contribution in [3.8, 4) is 5.75 Å². The molecule has 21 heavy (non-hydrogen) atoms. The van der Waals surface area contributed by atoms with E-state index in [9.17, 15) is 9.90 Å². The van der Waals surface area contributed by atoms with Gasteiger partial charge in [0.05, 0.1) is 18.5 Å². The highest BCUT2D eigenvalue weighted by atomic mass is 32.1. The Morgan fingerprint density at radius 1 is 1.38 bits per heavy atom. The number of aromatic nitrogens is 1. The van der Waals surface area contributed by atoms with Gasteiger partial charge in [-0.3, -0.25) is 4.79 Å². The maximum Gasteiger partial charge on any atom is 0.267 e. The molecule has 0 bridgehead atoms. The number of carbonyl (C=O) groups is 1. The van der Waals surface area contributed by atoms with Gasteiger partial charge in [0.2, 0.25) is 0 Å². The normalized spacial score (nSPS) is 10.4. The van der Waals surface area contributed by atoms with Crippen LogP contribution in [0.3, 0.4) is 0 Å². The zero-order chi connectivity index (χ0) is 15.4. The number of thiazole rings is 1. The molecule has 0 spiro atoms. The molecule has 6 nitrogen and oxygen atoms in total. The number of hydrogen-bond donors (Lipinski definition) is 4. The topological polar surface area (TPSA) is 94.5 Å². The third-order valence-electron chi connectivity index (χ3n) is 3.00. The Bertz CT molecular complexity index is 655. The van der Waals surface area contributed by atoms with Gasteiger partial charge in [-0.15, -0.1) is 0 Å². The molecule has 0 atom stereocenters. The van der Waals surface area contributed by atoms with E-state index in [0.29, 0.717) is 27.8 Å². The zero-order valence-electron chi connectivity index (χ0n) is 11.8. The number of amides is 1. The van der Waals surface area contributed by atoms with E-state index >= 15 is 0 Å². The Balaban J connectivity index is 2.15. The SMILES string of the molecule is Cc1ccc(O)c(C)c1NC(=O)c1cnc(NCCO)s1. The van der Waals surface area contributed by atoms with Crippen LogP contribution in [-0.2, 0) is 0 Å². The smallest absolute Gasteiger partial charge is 0.267 e. The van der Waals surface area contributed by atoms with E-state index < -0.39 is 0 Å². The third kappa shape index (κ3) is 3.50. The standard InChI is InChI=1S/C14H17N3O3S/c1-8-3-4-10(19)9(2)12(8)17-13(20)11-7-16-14(21-11)15-5-6-18/h3-4,7,18-19H,5-6H2,1-2H3,(H,15,16)(H,17,20). The minimum atomic E-state index is -0.277. The average molecular weight is 307 g/mol. The van der Waals surface area contributed by atoms with Crippen LogP contribution in [0, 0.1) is 13.8 Å². The fraction of sp³-hybridized carbons (Fsp3) is 0.286. The van der Waals surface area contributed by atoms with Crippen LogP contribution in [0.25, 0.3) is 0 Å². The second kappa shape index (κ2) is 6.55. The van der Waals surface area contributed by atoms with Gasteiger partial charge in [-0.2, -0.15) is 0 Å². The van der Waals surface area contributed by atoms with Crippen LogP contribution in [0.15, 0.2) is 18.3 Å². The van der Waals surface area contributed by atoms with Crippen LogP contribution < -0.4 is 10.6 Å². The van der Waals surface area contributed by atoms with Gasteiger partial charge in [0.1, 0.15) is 10.6 Å². The highest BCUT2D eigenvalue weighted by molar-refractivity contribution is 7.17. The molecule has 0 aliphatic carbocycles. The van der Waals surface area contributed by atoms with Gasteiger partial charge in [0.25, 0.3) is 5.91 Å². The summed E-state index contributed by atoms with van der Waals surface area (Å²) in [6.07, 6.45) is 1.48. The number of aromatic hydroxyl groups is 1. The molecule has 0 unspecified atom stereocenters. The number of nitrogens with zero attached hydrogens (tertiary/aromatic N) is 1. The number of carbonyl (C=O) groups excluding carboxylic acids is 1. The summed E-state index contributed by atoms with van der Waals surface area (Å²) in [6, 6.07) is 3.35. The second-order valence-corrected chi connectivity index (χ2v) is 5.57. The second-order valence-electron chi connectivity index (χ2n) is 4.54. The van der Waals surface area contributed by atoms with E-state index in [1.807, 2.05) is 6.92 Å². The molecule has 112 valence electrons. The van der Waals surface area contributed by atoms with Crippen molar-refractivity contribution in [1.82, 2.24) is 4.98 Å². The first-order valence-electron chi connectivity index (χ1n) is 6.44. The van der Waals surface area contributed by atoms with E-state index in [2.05, 4.69) is 15.6 Å². The van der Waals surface area contributed by atoms with Gasteiger partial charge in [-0.25, -0.2) is 4.98 Å². The number of aliphatic hydroxyl groups excluding tert-OH is 1. The third-order valence-corrected chi connectivity index (χ3v) is 3.95. The Labute approximate surface area is 126 Å². The van der Waals surface area contributed by atoms with Crippen molar-refractivity contribution in [1.29, 1.82) is 0 Å². The molecule has 4 N–H and O–H groups in total. The molecule has 0 fully saturated rings. The van der Waals surface area contributed by atoms with Crippen molar-refractivity contribution in [2.24, 2.45) is 0 Å². The van der Waals surface area contributed by atoms with Gasteiger partial charge >= 0.3 is 0 Å². The number of benzene rings is 1. The molecule has 1 aromatic heterocycles. The van der Waals surface area contributed by atoms with Gasteiger partial charge in [0.15, 0.2) is 5.13 Å². The number of aryl methyl sites for hydroxylation is 1. The highest BCUT2D eigenvalue weighted by Crippen LogP contribution is 2.29. The molecule has 2 aromatic rings. The predicted molar refractivity (Wildman–Crippen MR) is 83.2 cm³/mol. The molecule has 0 saturated heterocycles.